The second kappa shape index (κ2) is 11.5. The largest absolute Gasteiger partial charge is 0.481 e. The molecule has 3 aromatic rings. The lowest BCUT2D eigenvalue weighted by Gasteiger charge is -2.26. The summed E-state index contributed by atoms with van der Waals surface area (Å²) < 4.78 is 27.8. The second-order valence-electron chi connectivity index (χ2n) is 10.4. The molecule has 0 bridgehead atoms. The third kappa shape index (κ3) is 6.81. The summed E-state index contributed by atoms with van der Waals surface area (Å²) in [5.74, 6) is -1.65. The van der Waals surface area contributed by atoms with Crippen molar-refractivity contribution >= 4 is 56.4 Å². The number of amides is 1. The molecule has 39 heavy (non-hydrogen) atoms. The summed E-state index contributed by atoms with van der Waals surface area (Å²) in [6.07, 6.45) is 2.28. The number of carboxylic acids is 1. The van der Waals surface area contributed by atoms with Crippen molar-refractivity contribution in [3.05, 3.63) is 69.1 Å². The number of hydrogen-bond acceptors (Lipinski definition) is 6. The van der Waals surface area contributed by atoms with Gasteiger partial charge >= 0.3 is 5.97 Å². The number of hydrogen-bond donors (Lipinski definition) is 2. The van der Waals surface area contributed by atoms with Gasteiger partial charge in [-0.05, 0) is 42.0 Å². The number of carbonyl (C=O) groups excluding carboxylic acids is 1. The minimum absolute atomic E-state index is 0.0205. The molecule has 2 N–H and O–H groups in total. The van der Waals surface area contributed by atoms with E-state index in [4.69, 9.17) is 23.2 Å². The molecule has 1 saturated heterocycles. The average Bonchev–Trinajstić information content (AvgIpc) is 3.53. The van der Waals surface area contributed by atoms with Crippen molar-refractivity contribution in [3.8, 4) is 10.6 Å². The van der Waals surface area contributed by atoms with E-state index in [0.717, 1.165) is 19.8 Å². The maximum absolute atomic E-state index is 13.4. The number of thiazole rings is 1. The van der Waals surface area contributed by atoms with Gasteiger partial charge in [0.1, 0.15) is 11.0 Å². The molecule has 12 heteroatoms. The molecule has 8 nitrogen and oxygen atoms in total. The van der Waals surface area contributed by atoms with Crippen LogP contribution in [0.15, 0.2) is 53.6 Å². The Labute approximate surface area is 242 Å². The van der Waals surface area contributed by atoms with Crippen LogP contribution < -0.4 is 5.32 Å². The number of halogens is 2. The number of aromatic nitrogens is 1. The Morgan fingerprint density at radius 2 is 1.79 bits per heavy atom. The van der Waals surface area contributed by atoms with Gasteiger partial charge in [-0.1, -0.05) is 68.2 Å². The van der Waals surface area contributed by atoms with Crippen LogP contribution in [0.2, 0.25) is 10.0 Å². The van der Waals surface area contributed by atoms with Crippen LogP contribution in [0, 0.1) is 0 Å². The van der Waals surface area contributed by atoms with Gasteiger partial charge in [0, 0.05) is 33.2 Å². The van der Waals surface area contributed by atoms with E-state index in [-0.39, 0.29) is 33.3 Å². The van der Waals surface area contributed by atoms with Crippen LogP contribution in [0.5, 0.6) is 0 Å². The lowest BCUT2D eigenvalue weighted by Crippen LogP contribution is -2.47. The molecule has 1 aliphatic heterocycles. The summed E-state index contributed by atoms with van der Waals surface area (Å²) in [6, 6.07) is 9.38. The molecule has 2 aromatic carbocycles. The van der Waals surface area contributed by atoms with E-state index in [2.05, 4.69) is 31.1 Å². The molecule has 208 valence electrons. The number of nitrogens with one attached hydrogen (secondary N) is 1. The first kappa shape index (κ1) is 29.5. The minimum Gasteiger partial charge on any atom is -0.481 e. The highest BCUT2D eigenvalue weighted by atomic mass is 35.5. The Hall–Kier alpha value is -2.50. The topological polar surface area (TPSA) is 117 Å². The quantitative estimate of drug-likeness (QED) is 0.328. The van der Waals surface area contributed by atoms with Gasteiger partial charge in [-0.25, -0.2) is 13.4 Å². The summed E-state index contributed by atoms with van der Waals surface area (Å²) >= 11 is 13.6. The Bertz CT molecular complexity index is 1460. The minimum atomic E-state index is -4.06. The summed E-state index contributed by atoms with van der Waals surface area (Å²) in [6.45, 7) is 6.50. The van der Waals surface area contributed by atoms with Crippen molar-refractivity contribution < 1.29 is 23.1 Å². The Morgan fingerprint density at radius 1 is 1.15 bits per heavy atom. The Kier molecular flexibility index (Phi) is 8.73. The monoisotopic (exact) mass is 609 g/mol. The zero-order chi connectivity index (χ0) is 28.5. The molecule has 1 aliphatic rings. The molecule has 0 radical (unpaired) electrons. The van der Waals surface area contributed by atoms with E-state index in [1.807, 2.05) is 18.3 Å². The van der Waals surface area contributed by atoms with Gasteiger partial charge in [-0.15, -0.1) is 11.3 Å². The highest BCUT2D eigenvalue weighted by Gasteiger charge is 2.40. The molecule has 1 amide bonds. The number of rotatable bonds is 8. The second-order valence-corrected chi connectivity index (χ2v) is 14.2. The third-order valence-electron chi connectivity index (χ3n) is 6.45. The number of sulfonamides is 1. The van der Waals surface area contributed by atoms with E-state index in [1.54, 1.807) is 23.5 Å². The predicted octanol–water partition coefficient (Wildman–Crippen LogP) is 5.90. The van der Waals surface area contributed by atoms with E-state index >= 15 is 0 Å². The first-order valence-electron chi connectivity index (χ1n) is 12.3. The molecular weight excluding hydrogens is 581 g/mol. The zero-order valence-electron chi connectivity index (χ0n) is 21.6. The van der Waals surface area contributed by atoms with Crippen LogP contribution in [-0.4, -0.2) is 47.3 Å². The van der Waals surface area contributed by atoms with Crippen LogP contribution in [0.4, 0.5) is 0 Å². The van der Waals surface area contributed by atoms with Crippen LogP contribution in [0.3, 0.4) is 0 Å². The maximum atomic E-state index is 13.4. The first-order chi connectivity index (χ1) is 18.3. The Balaban J connectivity index is 1.55. The van der Waals surface area contributed by atoms with E-state index in [0.29, 0.717) is 18.4 Å². The van der Waals surface area contributed by atoms with E-state index in [1.165, 1.54) is 18.2 Å². The predicted molar refractivity (Wildman–Crippen MR) is 153 cm³/mol. The lowest BCUT2D eigenvalue weighted by molar-refractivity contribution is -0.137. The molecule has 0 saturated carbocycles. The SMILES string of the molecule is CC(C)(C)c1cnc(-c2ccc([C@@H](CC(=O)O)NC(=O)[C@@H]3CCCN3S(=O)(=O)c3cc(Cl)cc(Cl)c3)cc2)s1. The number of carboxylic acid groups (broad SMARTS) is 1. The van der Waals surface area contributed by atoms with E-state index in [9.17, 15) is 23.1 Å². The molecule has 0 spiro atoms. The molecule has 0 aliphatic carbocycles. The number of aliphatic carboxylic acids is 1. The average molecular weight is 611 g/mol. The van der Waals surface area contributed by atoms with Crippen molar-refractivity contribution in [1.82, 2.24) is 14.6 Å². The van der Waals surface area contributed by atoms with Gasteiger partial charge in [0.05, 0.1) is 17.4 Å². The van der Waals surface area contributed by atoms with E-state index < -0.39 is 34.0 Å². The normalized spacial score (nSPS) is 17.2. The first-order valence-corrected chi connectivity index (χ1v) is 15.3. The van der Waals surface area contributed by atoms with Gasteiger partial charge in [0.25, 0.3) is 0 Å². The van der Waals surface area contributed by atoms with Crippen molar-refractivity contribution in [1.29, 1.82) is 0 Å². The van der Waals surface area contributed by atoms with Crippen molar-refractivity contribution in [2.75, 3.05) is 6.54 Å². The van der Waals surface area contributed by atoms with Crippen LogP contribution >= 0.6 is 34.5 Å². The molecule has 0 unspecified atom stereocenters. The van der Waals surface area contributed by atoms with Gasteiger partial charge in [0.15, 0.2) is 0 Å². The van der Waals surface area contributed by atoms with Gasteiger partial charge in [-0.3, -0.25) is 9.59 Å². The van der Waals surface area contributed by atoms with Crippen molar-refractivity contribution in [3.63, 3.8) is 0 Å². The Morgan fingerprint density at radius 3 is 2.36 bits per heavy atom. The fourth-order valence-corrected chi connectivity index (χ4v) is 7.77. The zero-order valence-corrected chi connectivity index (χ0v) is 24.8. The lowest BCUT2D eigenvalue weighted by atomic mass is 9.96. The molecule has 2 heterocycles. The van der Waals surface area contributed by atoms with Gasteiger partial charge in [0.2, 0.25) is 15.9 Å². The summed E-state index contributed by atoms with van der Waals surface area (Å²) in [4.78, 5) is 30.6. The fraction of sp³-hybridized carbons (Fsp3) is 0.370. The molecule has 1 aromatic heterocycles. The van der Waals surface area contributed by atoms with Crippen molar-refractivity contribution in [2.45, 2.75) is 62.4 Å². The summed E-state index contributed by atoms with van der Waals surface area (Å²) in [7, 11) is -4.06. The maximum Gasteiger partial charge on any atom is 0.305 e. The molecule has 2 atom stereocenters. The highest BCUT2D eigenvalue weighted by molar-refractivity contribution is 7.89. The summed E-state index contributed by atoms with van der Waals surface area (Å²) in [5.41, 5.74) is 1.46. The van der Waals surface area contributed by atoms with Gasteiger partial charge < -0.3 is 10.4 Å². The van der Waals surface area contributed by atoms with Crippen molar-refractivity contribution in [2.24, 2.45) is 0 Å². The molecule has 4 rings (SSSR count). The number of carbonyl (C=O) groups is 2. The summed E-state index contributed by atoms with van der Waals surface area (Å²) in [5, 5.41) is 13.5. The standard InChI is InChI=1S/C27H29Cl2N3O5S2/c1-27(2,3)23-15-30-26(38-23)17-8-6-16(7-9-17)21(14-24(33)34)31-25(35)22-5-4-10-32(22)39(36,37)20-12-18(28)11-19(29)13-20/h6-9,11-13,15,21-22H,4-5,10,14H2,1-3H3,(H,31,35)(H,33,34)/t21-,22+/m1/s1. The fourth-order valence-electron chi connectivity index (χ4n) is 4.41. The van der Waals surface area contributed by atoms with Crippen LogP contribution in [0.25, 0.3) is 10.6 Å². The van der Waals surface area contributed by atoms with Gasteiger partial charge in [-0.2, -0.15) is 4.31 Å². The molecular formula is C27H29Cl2N3O5S2. The number of nitrogens with zero attached hydrogens (tertiary/aromatic N) is 2. The highest BCUT2D eigenvalue weighted by Crippen LogP contribution is 2.34. The van der Waals surface area contributed by atoms with Crippen LogP contribution in [0.1, 0.15) is 56.5 Å². The smallest absolute Gasteiger partial charge is 0.305 e. The third-order valence-corrected chi connectivity index (χ3v) is 10.2. The molecule has 1 fully saturated rings. The number of benzene rings is 2. The van der Waals surface area contributed by atoms with Crippen LogP contribution in [-0.2, 0) is 25.0 Å².